The molecule has 0 aliphatic rings. The quantitative estimate of drug-likeness (QED) is 0.846. The lowest BCUT2D eigenvalue weighted by atomic mass is 10.3. The van der Waals surface area contributed by atoms with Crippen molar-refractivity contribution in [1.82, 2.24) is 4.98 Å². The fourth-order valence-electron chi connectivity index (χ4n) is 0.708. The molecule has 0 amide bonds. The van der Waals surface area contributed by atoms with Crippen LogP contribution in [0, 0.1) is 0 Å². The Kier molecular flexibility index (Phi) is 3.58. The van der Waals surface area contributed by atoms with Crippen LogP contribution in [0.1, 0.15) is 18.7 Å². The van der Waals surface area contributed by atoms with Gasteiger partial charge in [0.1, 0.15) is 0 Å². The number of anilines is 1. The first-order chi connectivity index (χ1) is 6.83. The highest BCUT2D eigenvalue weighted by Crippen LogP contribution is 2.21. The van der Waals surface area contributed by atoms with Crippen molar-refractivity contribution < 1.29 is 17.2 Å². The van der Waals surface area contributed by atoms with E-state index in [1.54, 1.807) is 11.6 Å². The van der Waals surface area contributed by atoms with Crippen LogP contribution in [-0.4, -0.2) is 19.2 Å². The Morgan fingerprint density at radius 3 is 2.60 bits per heavy atom. The third kappa shape index (κ3) is 3.08. The molecule has 15 heavy (non-hydrogen) atoms. The number of nitrogens with one attached hydrogen (secondary N) is 1. The average Bonchev–Trinajstić information content (AvgIpc) is 2.51. The fraction of sp³-hybridized carbons (Fsp3) is 0.500. The van der Waals surface area contributed by atoms with Gasteiger partial charge in [0.05, 0.1) is 5.69 Å². The van der Waals surface area contributed by atoms with E-state index >= 15 is 0 Å². The molecular formula is C6H9F2N3O2S2. The normalized spacial score (nSPS) is 14.2. The van der Waals surface area contributed by atoms with Gasteiger partial charge in [-0.3, -0.25) is 4.72 Å². The van der Waals surface area contributed by atoms with Crippen molar-refractivity contribution in [1.29, 1.82) is 0 Å². The summed E-state index contributed by atoms with van der Waals surface area (Å²) in [5.74, 6) is -3.47. The summed E-state index contributed by atoms with van der Waals surface area (Å²) < 4.78 is 47.1. The van der Waals surface area contributed by atoms with Crippen molar-refractivity contribution in [3.05, 3.63) is 11.1 Å². The Balaban J connectivity index is 2.82. The average molecular weight is 257 g/mol. The summed E-state index contributed by atoms with van der Waals surface area (Å²) in [7, 11) is -4.64. The van der Waals surface area contributed by atoms with Crippen molar-refractivity contribution in [3.63, 3.8) is 0 Å². The maximum Gasteiger partial charge on any atom is 0.355 e. The van der Waals surface area contributed by atoms with E-state index < -0.39 is 15.8 Å². The van der Waals surface area contributed by atoms with Crippen LogP contribution in [0.2, 0.25) is 0 Å². The monoisotopic (exact) mass is 257 g/mol. The van der Waals surface area contributed by atoms with E-state index in [4.69, 9.17) is 5.73 Å². The van der Waals surface area contributed by atoms with Gasteiger partial charge in [-0.15, -0.1) is 11.3 Å². The van der Waals surface area contributed by atoms with Crippen LogP contribution in [0.15, 0.2) is 5.38 Å². The minimum Gasteiger partial charge on any atom is -0.323 e. The third-order valence-corrected chi connectivity index (χ3v) is 3.30. The van der Waals surface area contributed by atoms with Crippen LogP contribution in [0.4, 0.5) is 13.9 Å². The van der Waals surface area contributed by atoms with Gasteiger partial charge in [0.25, 0.3) is 10.0 Å². The van der Waals surface area contributed by atoms with Crippen molar-refractivity contribution in [2.45, 2.75) is 18.7 Å². The summed E-state index contributed by atoms with van der Waals surface area (Å²) in [5, 5.41) is 1.40. The molecule has 0 saturated carbocycles. The standard InChI is InChI=1S/C6H9F2N3O2S2/c1-3(9)4-2-14-6(10-4)11-15(12,13)5(7)8/h2-3,5H,9H2,1H3,(H,10,11). The van der Waals surface area contributed by atoms with E-state index in [-0.39, 0.29) is 11.2 Å². The molecule has 1 aromatic rings. The number of aromatic nitrogens is 1. The molecule has 1 rings (SSSR count). The van der Waals surface area contributed by atoms with Gasteiger partial charge >= 0.3 is 5.76 Å². The maximum atomic E-state index is 12.0. The maximum absolute atomic E-state index is 12.0. The number of hydrogen-bond donors (Lipinski definition) is 2. The van der Waals surface area contributed by atoms with E-state index in [1.807, 2.05) is 0 Å². The number of rotatable bonds is 4. The van der Waals surface area contributed by atoms with Crippen LogP contribution in [0.5, 0.6) is 0 Å². The second-order valence-electron chi connectivity index (χ2n) is 2.77. The third-order valence-electron chi connectivity index (χ3n) is 1.45. The summed E-state index contributed by atoms with van der Waals surface area (Å²) in [4.78, 5) is 3.75. The lowest BCUT2D eigenvalue weighted by molar-refractivity contribution is 0.236. The molecule has 1 heterocycles. The second kappa shape index (κ2) is 4.37. The predicted octanol–water partition coefficient (Wildman–Crippen LogP) is 1.13. The first-order valence-electron chi connectivity index (χ1n) is 3.83. The second-order valence-corrected chi connectivity index (χ2v) is 5.28. The van der Waals surface area contributed by atoms with Crippen LogP contribution in [0.25, 0.3) is 0 Å². The first-order valence-corrected chi connectivity index (χ1v) is 6.26. The van der Waals surface area contributed by atoms with Crippen LogP contribution < -0.4 is 10.5 Å². The largest absolute Gasteiger partial charge is 0.355 e. The number of hydrogen-bond acceptors (Lipinski definition) is 5. The number of sulfonamides is 1. The zero-order chi connectivity index (χ0) is 11.6. The molecule has 0 aliphatic carbocycles. The molecule has 86 valence electrons. The molecule has 0 bridgehead atoms. The van der Waals surface area contributed by atoms with Gasteiger partial charge in [-0.2, -0.15) is 8.78 Å². The van der Waals surface area contributed by atoms with E-state index in [0.29, 0.717) is 5.69 Å². The number of halogens is 2. The zero-order valence-electron chi connectivity index (χ0n) is 7.65. The molecule has 3 N–H and O–H groups in total. The molecule has 0 aromatic carbocycles. The molecule has 1 atom stereocenters. The zero-order valence-corrected chi connectivity index (χ0v) is 9.28. The highest BCUT2D eigenvalue weighted by atomic mass is 32.2. The summed E-state index contributed by atoms with van der Waals surface area (Å²) in [5.41, 5.74) is 5.92. The van der Waals surface area contributed by atoms with E-state index in [1.165, 1.54) is 5.38 Å². The molecule has 0 fully saturated rings. The van der Waals surface area contributed by atoms with E-state index in [0.717, 1.165) is 11.3 Å². The van der Waals surface area contributed by atoms with Crippen molar-refractivity contribution in [2.24, 2.45) is 5.73 Å². The van der Waals surface area contributed by atoms with Crippen LogP contribution in [-0.2, 0) is 10.0 Å². The number of alkyl halides is 2. The predicted molar refractivity (Wildman–Crippen MR) is 53.3 cm³/mol. The smallest absolute Gasteiger partial charge is 0.323 e. The summed E-state index contributed by atoms with van der Waals surface area (Å²) in [6.07, 6.45) is 0. The van der Waals surface area contributed by atoms with Crippen LogP contribution >= 0.6 is 11.3 Å². The van der Waals surface area contributed by atoms with Gasteiger partial charge in [0, 0.05) is 11.4 Å². The number of nitrogens with zero attached hydrogens (tertiary/aromatic N) is 1. The highest BCUT2D eigenvalue weighted by Gasteiger charge is 2.25. The SMILES string of the molecule is CC(N)c1csc(NS(=O)(=O)C(F)F)n1. The minimum absolute atomic E-state index is 0.109. The molecule has 0 saturated heterocycles. The Labute approximate surface area is 89.4 Å². The topological polar surface area (TPSA) is 85.1 Å². The van der Waals surface area contributed by atoms with E-state index in [9.17, 15) is 17.2 Å². The van der Waals surface area contributed by atoms with Gasteiger partial charge in [0.15, 0.2) is 5.13 Å². The molecule has 0 spiro atoms. The van der Waals surface area contributed by atoms with Gasteiger partial charge < -0.3 is 5.73 Å². The van der Waals surface area contributed by atoms with Crippen LogP contribution in [0.3, 0.4) is 0 Å². The number of nitrogens with two attached hydrogens (primary N) is 1. The van der Waals surface area contributed by atoms with Crippen molar-refractivity contribution in [2.75, 3.05) is 4.72 Å². The minimum atomic E-state index is -4.64. The Hall–Kier alpha value is -0.800. The molecule has 1 unspecified atom stereocenters. The highest BCUT2D eigenvalue weighted by molar-refractivity contribution is 7.93. The molecule has 0 aliphatic heterocycles. The lowest BCUT2D eigenvalue weighted by Gasteiger charge is -2.02. The summed E-state index contributed by atoms with van der Waals surface area (Å²) >= 11 is 0.907. The Bertz CT molecular complexity index is 429. The summed E-state index contributed by atoms with van der Waals surface area (Å²) in [6, 6.07) is -0.369. The lowest BCUT2D eigenvalue weighted by Crippen LogP contribution is -2.20. The van der Waals surface area contributed by atoms with Crippen molar-refractivity contribution >= 4 is 26.5 Å². The fourth-order valence-corrected chi connectivity index (χ4v) is 2.29. The summed E-state index contributed by atoms with van der Waals surface area (Å²) in [6.45, 7) is 1.65. The molecule has 9 heteroatoms. The molecule has 1 aromatic heterocycles. The molecule has 0 radical (unpaired) electrons. The molecular weight excluding hydrogens is 248 g/mol. The van der Waals surface area contributed by atoms with E-state index in [2.05, 4.69) is 4.98 Å². The Morgan fingerprint density at radius 2 is 2.20 bits per heavy atom. The molecule has 5 nitrogen and oxygen atoms in total. The number of thiazole rings is 1. The van der Waals surface area contributed by atoms with Gasteiger partial charge in [-0.05, 0) is 6.92 Å². The first kappa shape index (κ1) is 12.3. The van der Waals surface area contributed by atoms with Crippen molar-refractivity contribution in [3.8, 4) is 0 Å². The van der Waals surface area contributed by atoms with Gasteiger partial charge in [-0.25, -0.2) is 13.4 Å². The van der Waals surface area contributed by atoms with Gasteiger partial charge in [-0.1, -0.05) is 0 Å². The Morgan fingerprint density at radius 1 is 1.60 bits per heavy atom. The van der Waals surface area contributed by atoms with Gasteiger partial charge in [0.2, 0.25) is 0 Å².